The van der Waals surface area contributed by atoms with E-state index in [2.05, 4.69) is 5.10 Å². The number of rotatable bonds is 6. The summed E-state index contributed by atoms with van der Waals surface area (Å²) in [6, 6.07) is 0. The largest absolute Gasteiger partial charge is 0.384 e. The quantitative estimate of drug-likeness (QED) is 0.509. The summed E-state index contributed by atoms with van der Waals surface area (Å²) >= 11 is 0. The van der Waals surface area contributed by atoms with Gasteiger partial charge >= 0.3 is 0 Å². The lowest BCUT2D eigenvalue weighted by Crippen LogP contribution is -2.09. The van der Waals surface area contributed by atoms with E-state index in [0.717, 1.165) is 0 Å². The van der Waals surface area contributed by atoms with Crippen molar-refractivity contribution in [3.05, 3.63) is 18.0 Å². The summed E-state index contributed by atoms with van der Waals surface area (Å²) in [4.78, 5) is 22.8. The Morgan fingerprint density at radius 2 is 2.27 bits per heavy atom. The summed E-state index contributed by atoms with van der Waals surface area (Å²) in [5.41, 5.74) is 0.475. The topological polar surface area (TPSA) is 61.2 Å². The van der Waals surface area contributed by atoms with E-state index in [1.165, 1.54) is 18.0 Å². The third-order valence-electron chi connectivity index (χ3n) is 1.97. The van der Waals surface area contributed by atoms with Crippen molar-refractivity contribution in [2.24, 2.45) is 7.05 Å². The highest BCUT2D eigenvalue weighted by Crippen LogP contribution is 2.03. The standard InChI is InChI=1S/C10H14N2O3/c1-12-7-8(6-11-12)10(14)5-9(13)3-4-15-2/h6-7H,3-5H2,1-2H3. The first-order valence-electron chi connectivity index (χ1n) is 4.66. The van der Waals surface area contributed by atoms with Crippen molar-refractivity contribution in [3.63, 3.8) is 0 Å². The molecule has 0 radical (unpaired) electrons. The third kappa shape index (κ3) is 3.63. The zero-order valence-electron chi connectivity index (χ0n) is 8.90. The second-order valence-corrected chi connectivity index (χ2v) is 3.28. The minimum absolute atomic E-state index is 0.0744. The molecule has 0 atom stereocenters. The lowest BCUT2D eigenvalue weighted by molar-refractivity contribution is -0.119. The molecule has 0 amide bonds. The van der Waals surface area contributed by atoms with Crippen molar-refractivity contribution in [1.82, 2.24) is 9.78 Å². The van der Waals surface area contributed by atoms with Gasteiger partial charge < -0.3 is 4.74 Å². The van der Waals surface area contributed by atoms with Crippen LogP contribution in [0.5, 0.6) is 0 Å². The number of carbonyl (C=O) groups is 2. The fraction of sp³-hybridized carbons (Fsp3) is 0.500. The number of ether oxygens (including phenoxy) is 1. The third-order valence-corrected chi connectivity index (χ3v) is 1.97. The predicted octanol–water partition coefficient (Wildman–Crippen LogP) is 0.598. The Morgan fingerprint density at radius 1 is 1.53 bits per heavy atom. The number of methoxy groups -OCH3 is 1. The lowest BCUT2D eigenvalue weighted by Gasteiger charge is -1.97. The summed E-state index contributed by atoms with van der Waals surface area (Å²) in [7, 11) is 3.25. The van der Waals surface area contributed by atoms with E-state index in [4.69, 9.17) is 4.74 Å². The van der Waals surface area contributed by atoms with Crippen molar-refractivity contribution < 1.29 is 14.3 Å². The molecule has 0 N–H and O–H groups in total. The number of Topliss-reactive ketones (excluding diaryl/α,β-unsaturated/α-hetero) is 2. The predicted molar refractivity (Wildman–Crippen MR) is 53.7 cm³/mol. The van der Waals surface area contributed by atoms with Gasteiger partial charge in [-0.3, -0.25) is 14.3 Å². The van der Waals surface area contributed by atoms with Crippen LogP contribution in [0.4, 0.5) is 0 Å². The molecule has 0 aliphatic heterocycles. The minimum atomic E-state index is -0.191. The van der Waals surface area contributed by atoms with Crippen LogP contribution in [0.2, 0.25) is 0 Å². The molecule has 0 aliphatic carbocycles. The molecule has 0 bridgehead atoms. The Balaban J connectivity index is 2.45. The normalized spacial score (nSPS) is 10.3. The molecule has 0 unspecified atom stereocenters. The van der Waals surface area contributed by atoms with Gasteiger partial charge in [-0.2, -0.15) is 5.10 Å². The van der Waals surface area contributed by atoms with E-state index in [-0.39, 0.29) is 24.4 Å². The zero-order chi connectivity index (χ0) is 11.3. The molecule has 82 valence electrons. The SMILES string of the molecule is COCCC(=O)CC(=O)c1cnn(C)c1. The van der Waals surface area contributed by atoms with Crippen LogP contribution in [-0.2, 0) is 16.6 Å². The summed E-state index contributed by atoms with van der Waals surface area (Å²) in [5, 5.41) is 3.87. The fourth-order valence-electron chi connectivity index (χ4n) is 1.15. The number of hydrogen-bond acceptors (Lipinski definition) is 4. The number of aryl methyl sites for hydroxylation is 1. The molecular formula is C10H14N2O3. The minimum Gasteiger partial charge on any atom is -0.384 e. The van der Waals surface area contributed by atoms with Gasteiger partial charge in [-0.15, -0.1) is 0 Å². The van der Waals surface area contributed by atoms with Crippen molar-refractivity contribution >= 4 is 11.6 Å². The summed E-state index contributed by atoms with van der Waals surface area (Å²) in [5.74, 6) is -0.296. The van der Waals surface area contributed by atoms with Gasteiger partial charge in [0.25, 0.3) is 0 Å². The summed E-state index contributed by atoms with van der Waals surface area (Å²) in [6.07, 6.45) is 3.27. The highest BCUT2D eigenvalue weighted by Gasteiger charge is 2.12. The second kappa shape index (κ2) is 5.41. The molecule has 1 heterocycles. The van der Waals surface area contributed by atoms with Crippen LogP contribution in [0.3, 0.4) is 0 Å². The molecule has 0 aliphatic rings. The molecule has 0 aromatic carbocycles. The van der Waals surface area contributed by atoms with Crippen LogP contribution >= 0.6 is 0 Å². The number of hydrogen-bond donors (Lipinski definition) is 0. The van der Waals surface area contributed by atoms with E-state index >= 15 is 0 Å². The maximum absolute atomic E-state index is 11.5. The van der Waals surface area contributed by atoms with Crippen LogP contribution in [0.1, 0.15) is 23.2 Å². The zero-order valence-corrected chi connectivity index (χ0v) is 8.90. The average molecular weight is 210 g/mol. The van der Waals surface area contributed by atoms with Gasteiger partial charge in [-0.05, 0) is 0 Å². The van der Waals surface area contributed by atoms with Crippen LogP contribution < -0.4 is 0 Å². The van der Waals surface area contributed by atoms with Crippen molar-refractivity contribution in [1.29, 1.82) is 0 Å². The van der Waals surface area contributed by atoms with Gasteiger partial charge in [0, 0.05) is 26.8 Å². The van der Waals surface area contributed by atoms with Crippen molar-refractivity contribution in [2.75, 3.05) is 13.7 Å². The van der Waals surface area contributed by atoms with Gasteiger partial charge in [-0.1, -0.05) is 0 Å². The van der Waals surface area contributed by atoms with Crippen molar-refractivity contribution in [2.45, 2.75) is 12.8 Å². The second-order valence-electron chi connectivity index (χ2n) is 3.28. The van der Waals surface area contributed by atoms with Gasteiger partial charge in [-0.25, -0.2) is 0 Å². The van der Waals surface area contributed by atoms with Crippen molar-refractivity contribution in [3.8, 4) is 0 Å². The van der Waals surface area contributed by atoms with Gasteiger partial charge in [0.2, 0.25) is 0 Å². The first-order chi connectivity index (χ1) is 7.13. The van der Waals surface area contributed by atoms with Crippen LogP contribution in [0.15, 0.2) is 12.4 Å². The van der Waals surface area contributed by atoms with Crippen LogP contribution in [0.25, 0.3) is 0 Å². The monoisotopic (exact) mass is 210 g/mol. The fourth-order valence-corrected chi connectivity index (χ4v) is 1.15. The van der Waals surface area contributed by atoms with Gasteiger partial charge in [0.1, 0.15) is 5.78 Å². The molecule has 0 fully saturated rings. The molecule has 5 nitrogen and oxygen atoms in total. The lowest BCUT2D eigenvalue weighted by atomic mass is 10.1. The van der Waals surface area contributed by atoms with Gasteiger partial charge in [0.05, 0.1) is 24.8 Å². The van der Waals surface area contributed by atoms with E-state index in [0.29, 0.717) is 12.2 Å². The average Bonchev–Trinajstić information content (AvgIpc) is 2.61. The Labute approximate surface area is 88.0 Å². The molecule has 1 aromatic heterocycles. The molecule has 5 heteroatoms. The van der Waals surface area contributed by atoms with Crippen LogP contribution in [0, 0.1) is 0 Å². The molecule has 1 aromatic rings. The number of nitrogens with zero attached hydrogens (tertiary/aromatic N) is 2. The number of aromatic nitrogens is 2. The molecule has 0 saturated heterocycles. The Morgan fingerprint density at radius 3 is 2.80 bits per heavy atom. The molecule has 1 rings (SSSR count). The first-order valence-corrected chi connectivity index (χ1v) is 4.66. The van der Waals surface area contributed by atoms with Crippen LogP contribution in [-0.4, -0.2) is 35.1 Å². The highest BCUT2D eigenvalue weighted by molar-refractivity contribution is 6.07. The Kier molecular flexibility index (Phi) is 4.17. The van der Waals surface area contributed by atoms with E-state index in [1.54, 1.807) is 13.2 Å². The maximum Gasteiger partial charge on any atom is 0.173 e. The highest BCUT2D eigenvalue weighted by atomic mass is 16.5. The summed E-state index contributed by atoms with van der Waals surface area (Å²) in [6.45, 7) is 0.360. The first kappa shape index (κ1) is 11.6. The summed E-state index contributed by atoms with van der Waals surface area (Å²) < 4.78 is 6.29. The molecule has 15 heavy (non-hydrogen) atoms. The smallest absolute Gasteiger partial charge is 0.173 e. The molecule has 0 spiro atoms. The maximum atomic E-state index is 11.5. The molecule has 0 saturated carbocycles. The van der Waals surface area contributed by atoms with E-state index in [1.807, 2.05) is 0 Å². The van der Waals surface area contributed by atoms with Gasteiger partial charge in [0.15, 0.2) is 5.78 Å². The van der Waals surface area contributed by atoms with E-state index in [9.17, 15) is 9.59 Å². The Hall–Kier alpha value is -1.49. The Bertz CT molecular complexity index is 357. The molecular weight excluding hydrogens is 196 g/mol. The van der Waals surface area contributed by atoms with E-state index < -0.39 is 0 Å². The number of carbonyl (C=O) groups excluding carboxylic acids is 2. The number of ketones is 2.